The summed E-state index contributed by atoms with van der Waals surface area (Å²) in [4.78, 5) is 22.7. The predicted molar refractivity (Wildman–Crippen MR) is 64.9 cm³/mol. The maximum Gasteiger partial charge on any atom is 0.308 e. The minimum absolute atomic E-state index is 0.222. The van der Waals surface area contributed by atoms with Crippen LogP contribution in [0.2, 0.25) is 0 Å². The second kappa shape index (κ2) is 5.62. The van der Waals surface area contributed by atoms with Crippen molar-refractivity contribution in [2.24, 2.45) is 5.92 Å². The van der Waals surface area contributed by atoms with Crippen molar-refractivity contribution in [2.75, 3.05) is 0 Å². The van der Waals surface area contributed by atoms with Gasteiger partial charge in [-0.3, -0.25) is 9.59 Å². The molecule has 1 aromatic rings. The van der Waals surface area contributed by atoms with Crippen molar-refractivity contribution in [3.63, 3.8) is 0 Å². The molecule has 0 heterocycles. The number of carbonyl (C=O) groups excluding carboxylic acids is 1. The van der Waals surface area contributed by atoms with Crippen LogP contribution >= 0.6 is 0 Å². The highest BCUT2D eigenvalue weighted by atomic mass is 19.1. The van der Waals surface area contributed by atoms with Gasteiger partial charge in [0.25, 0.3) is 5.91 Å². The van der Waals surface area contributed by atoms with Crippen LogP contribution in [0.1, 0.15) is 29.8 Å². The van der Waals surface area contributed by atoms with E-state index in [-0.39, 0.29) is 11.1 Å². The first kappa shape index (κ1) is 14.2. The molecule has 2 unspecified atom stereocenters. The Balaban J connectivity index is 2.83. The number of rotatable bonds is 4. The summed E-state index contributed by atoms with van der Waals surface area (Å²) in [5, 5.41) is 11.4. The number of halogens is 1. The van der Waals surface area contributed by atoms with Gasteiger partial charge in [0.2, 0.25) is 0 Å². The van der Waals surface area contributed by atoms with Crippen LogP contribution in [-0.4, -0.2) is 23.0 Å². The lowest BCUT2D eigenvalue weighted by Gasteiger charge is -2.18. The van der Waals surface area contributed by atoms with Crippen molar-refractivity contribution < 1.29 is 19.1 Å². The number of carbonyl (C=O) groups is 2. The maximum atomic E-state index is 13.3. The molecule has 2 atom stereocenters. The molecule has 0 aliphatic rings. The van der Waals surface area contributed by atoms with E-state index in [4.69, 9.17) is 5.11 Å². The van der Waals surface area contributed by atoms with Crippen molar-refractivity contribution in [3.8, 4) is 0 Å². The van der Waals surface area contributed by atoms with E-state index in [1.54, 1.807) is 6.92 Å². The first-order valence-corrected chi connectivity index (χ1v) is 5.63. The Labute approximate surface area is 105 Å². The van der Waals surface area contributed by atoms with Crippen molar-refractivity contribution in [1.29, 1.82) is 0 Å². The Kier molecular flexibility index (Phi) is 4.42. The van der Waals surface area contributed by atoms with Crippen LogP contribution in [-0.2, 0) is 4.79 Å². The zero-order valence-electron chi connectivity index (χ0n) is 10.5. The number of aliphatic carboxylic acids is 1. The molecule has 0 spiro atoms. The molecule has 2 N–H and O–H groups in total. The molecule has 98 valence electrons. The van der Waals surface area contributed by atoms with Gasteiger partial charge in [0, 0.05) is 11.6 Å². The molecule has 1 aromatic carbocycles. The third kappa shape index (κ3) is 3.06. The van der Waals surface area contributed by atoms with E-state index in [1.807, 2.05) is 0 Å². The Bertz CT molecular complexity index is 473. The minimum Gasteiger partial charge on any atom is -0.481 e. The zero-order chi connectivity index (χ0) is 13.9. The molecule has 0 saturated heterocycles. The van der Waals surface area contributed by atoms with E-state index in [0.29, 0.717) is 0 Å². The first-order chi connectivity index (χ1) is 8.34. The number of amides is 1. The number of carboxylic acid groups (broad SMARTS) is 1. The molecule has 0 bridgehead atoms. The van der Waals surface area contributed by atoms with Gasteiger partial charge in [0.05, 0.1) is 5.92 Å². The molecule has 1 amide bonds. The summed E-state index contributed by atoms with van der Waals surface area (Å²) < 4.78 is 13.3. The summed E-state index contributed by atoms with van der Waals surface area (Å²) in [6.45, 7) is 4.62. The van der Waals surface area contributed by atoms with E-state index in [1.165, 1.54) is 32.0 Å². The number of nitrogens with one attached hydrogen (secondary N) is 1. The van der Waals surface area contributed by atoms with Gasteiger partial charge in [-0.25, -0.2) is 4.39 Å². The van der Waals surface area contributed by atoms with Crippen LogP contribution in [0.25, 0.3) is 0 Å². The molecule has 1 rings (SSSR count). The summed E-state index contributed by atoms with van der Waals surface area (Å²) in [5.41, 5.74) is 0.476. The van der Waals surface area contributed by atoms with E-state index in [2.05, 4.69) is 5.32 Å². The quantitative estimate of drug-likeness (QED) is 0.862. The fourth-order valence-corrected chi connectivity index (χ4v) is 1.48. The Morgan fingerprint density at radius 1 is 1.33 bits per heavy atom. The van der Waals surface area contributed by atoms with E-state index >= 15 is 0 Å². The van der Waals surface area contributed by atoms with Crippen LogP contribution in [0.15, 0.2) is 18.2 Å². The number of carboxylic acids is 1. The predicted octanol–water partition coefficient (Wildman–Crippen LogP) is 1.97. The van der Waals surface area contributed by atoms with Gasteiger partial charge in [-0.1, -0.05) is 6.07 Å². The van der Waals surface area contributed by atoms with Gasteiger partial charge in [-0.05, 0) is 38.5 Å². The van der Waals surface area contributed by atoms with Crippen LogP contribution in [0.3, 0.4) is 0 Å². The highest BCUT2D eigenvalue weighted by molar-refractivity contribution is 5.96. The summed E-state index contributed by atoms with van der Waals surface area (Å²) >= 11 is 0. The lowest BCUT2D eigenvalue weighted by molar-refractivity contribution is -0.141. The molecule has 5 heteroatoms. The lowest BCUT2D eigenvalue weighted by atomic mass is 10.0. The monoisotopic (exact) mass is 253 g/mol. The largest absolute Gasteiger partial charge is 0.481 e. The van der Waals surface area contributed by atoms with Crippen molar-refractivity contribution in [3.05, 3.63) is 35.1 Å². The minimum atomic E-state index is -0.987. The third-order valence-corrected chi connectivity index (χ3v) is 3.01. The van der Waals surface area contributed by atoms with E-state index in [0.717, 1.165) is 0 Å². The van der Waals surface area contributed by atoms with Crippen molar-refractivity contribution in [1.82, 2.24) is 5.32 Å². The fourth-order valence-electron chi connectivity index (χ4n) is 1.48. The second-order valence-electron chi connectivity index (χ2n) is 4.30. The van der Waals surface area contributed by atoms with E-state index in [9.17, 15) is 14.0 Å². The Morgan fingerprint density at radius 3 is 2.50 bits per heavy atom. The molecular formula is C13H16FNO3. The smallest absolute Gasteiger partial charge is 0.308 e. The number of benzene rings is 1. The van der Waals surface area contributed by atoms with Gasteiger partial charge >= 0.3 is 5.97 Å². The van der Waals surface area contributed by atoms with Gasteiger partial charge < -0.3 is 10.4 Å². The molecule has 4 nitrogen and oxygen atoms in total. The molecule has 0 radical (unpaired) electrons. The van der Waals surface area contributed by atoms with Gasteiger partial charge in [0.1, 0.15) is 5.82 Å². The second-order valence-corrected chi connectivity index (χ2v) is 4.30. The van der Waals surface area contributed by atoms with Crippen molar-refractivity contribution in [2.45, 2.75) is 26.8 Å². The number of hydrogen-bond acceptors (Lipinski definition) is 2. The lowest BCUT2D eigenvalue weighted by Crippen LogP contribution is -2.40. The number of hydrogen-bond donors (Lipinski definition) is 2. The van der Waals surface area contributed by atoms with E-state index < -0.39 is 29.7 Å². The molecular weight excluding hydrogens is 237 g/mol. The zero-order valence-corrected chi connectivity index (χ0v) is 10.5. The third-order valence-electron chi connectivity index (χ3n) is 3.01. The van der Waals surface area contributed by atoms with Gasteiger partial charge in [-0.15, -0.1) is 0 Å². The maximum absolute atomic E-state index is 13.3. The molecule has 0 aliphatic heterocycles. The highest BCUT2D eigenvalue weighted by Crippen LogP contribution is 2.13. The average molecular weight is 253 g/mol. The summed E-state index contributed by atoms with van der Waals surface area (Å²) in [5.74, 6) is -2.62. The standard InChI is InChI=1S/C13H16FNO3/c1-7(13(17)18)9(3)15-12(16)10-5-4-6-11(14)8(10)2/h4-7,9H,1-3H3,(H,15,16)(H,17,18). The van der Waals surface area contributed by atoms with Crippen LogP contribution in [0.4, 0.5) is 4.39 Å². The molecule has 0 fully saturated rings. The fraction of sp³-hybridized carbons (Fsp3) is 0.385. The van der Waals surface area contributed by atoms with Gasteiger partial charge in [-0.2, -0.15) is 0 Å². The summed E-state index contributed by atoms with van der Waals surface area (Å²) in [7, 11) is 0. The molecule has 0 saturated carbocycles. The van der Waals surface area contributed by atoms with Gasteiger partial charge in [0.15, 0.2) is 0 Å². The Hall–Kier alpha value is -1.91. The topological polar surface area (TPSA) is 66.4 Å². The summed E-state index contributed by atoms with van der Waals surface area (Å²) in [6.07, 6.45) is 0. The van der Waals surface area contributed by atoms with Crippen LogP contribution in [0, 0.1) is 18.7 Å². The highest BCUT2D eigenvalue weighted by Gasteiger charge is 2.22. The SMILES string of the molecule is Cc1c(F)cccc1C(=O)NC(C)C(C)C(=O)O. The Morgan fingerprint density at radius 2 is 1.94 bits per heavy atom. The normalized spacial score (nSPS) is 13.8. The molecule has 0 aromatic heterocycles. The van der Waals surface area contributed by atoms with Crippen molar-refractivity contribution >= 4 is 11.9 Å². The molecule has 0 aliphatic carbocycles. The van der Waals surface area contributed by atoms with Crippen LogP contribution in [0.5, 0.6) is 0 Å². The van der Waals surface area contributed by atoms with Crippen LogP contribution < -0.4 is 5.32 Å². The average Bonchev–Trinajstić information content (AvgIpc) is 2.31. The molecule has 18 heavy (non-hydrogen) atoms. The summed E-state index contributed by atoms with van der Waals surface area (Å²) in [6, 6.07) is 3.70. The first-order valence-electron chi connectivity index (χ1n) is 5.63.